The molecule has 0 unspecified atom stereocenters. The van der Waals surface area contributed by atoms with Gasteiger partial charge < -0.3 is 19.6 Å². The van der Waals surface area contributed by atoms with E-state index in [1.165, 1.54) is 11.1 Å². The molecule has 2 saturated heterocycles. The monoisotopic (exact) mass is 538 g/mol. The Kier molecular flexibility index (Phi) is 8.70. The van der Waals surface area contributed by atoms with Crippen LogP contribution in [0.15, 0.2) is 46.1 Å². The normalized spacial score (nSPS) is 17.7. The Hall–Kier alpha value is -2.14. The zero-order valence-electron chi connectivity index (χ0n) is 18.0. The average molecular weight is 538 g/mol. The van der Waals surface area contributed by atoms with Crippen LogP contribution in [0.25, 0.3) is 0 Å². The number of carbonyl (C=O) groups excluding carboxylic acids is 1. The van der Waals surface area contributed by atoms with Gasteiger partial charge in [0.25, 0.3) is 0 Å². The molecule has 1 aromatic carbocycles. The lowest BCUT2D eigenvalue weighted by Crippen LogP contribution is -2.52. The van der Waals surface area contributed by atoms with Crippen molar-refractivity contribution >= 4 is 35.8 Å². The van der Waals surface area contributed by atoms with Crippen molar-refractivity contribution in [2.45, 2.75) is 32.5 Å². The third-order valence-electron chi connectivity index (χ3n) is 5.75. The molecule has 0 spiro atoms. The fourth-order valence-corrected chi connectivity index (χ4v) is 4.11. The number of hydrogen-bond acceptors (Lipinski definition) is 5. The molecule has 8 nitrogen and oxygen atoms in total. The second-order valence-corrected chi connectivity index (χ2v) is 7.89. The minimum Gasteiger partial charge on any atom is -0.364 e. The first-order valence-corrected chi connectivity index (χ1v) is 10.6. The van der Waals surface area contributed by atoms with E-state index in [0.717, 1.165) is 57.3 Å². The SMILES string of the molecule is CN=C(NCc1cccc(CN2CCCC2=O)c1)N1CCN(Cc2ccon2)CC1.I. The van der Waals surface area contributed by atoms with Gasteiger partial charge in [-0.3, -0.25) is 14.7 Å². The van der Waals surface area contributed by atoms with Crippen molar-refractivity contribution in [3.63, 3.8) is 0 Å². The largest absolute Gasteiger partial charge is 0.364 e. The first kappa shape index (κ1) is 23.5. The molecular weight excluding hydrogens is 507 g/mol. The van der Waals surface area contributed by atoms with E-state index >= 15 is 0 Å². The predicted octanol–water partition coefficient (Wildman–Crippen LogP) is 2.31. The highest BCUT2D eigenvalue weighted by Gasteiger charge is 2.21. The van der Waals surface area contributed by atoms with Crippen molar-refractivity contribution in [3.05, 3.63) is 53.4 Å². The molecule has 2 aliphatic rings. The summed E-state index contributed by atoms with van der Waals surface area (Å²) in [5.74, 6) is 1.19. The van der Waals surface area contributed by atoms with Crippen LogP contribution in [0.5, 0.6) is 0 Å². The molecule has 9 heteroatoms. The Morgan fingerprint density at radius 2 is 1.94 bits per heavy atom. The molecule has 2 aliphatic heterocycles. The third-order valence-corrected chi connectivity index (χ3v) is 5.75. The van der Waals surface area contributed by atoms with Crippen molar-refractivity contribution in [3.8, 4) is 0 Å². The molecule has 0 bridgehead atoms. The number of piperazine rings is 1. The van der Waals surface area contributed by atoms with Crippen LogP contribution in [0.4, 0.5) is 0 Å². The topological polar surface area (TPSA) is 77.2 Å². The summed E-state index contributed by atoms with van der Waals surface area (Å²) in [6, 6.07) is 10.4. The molecule has 2 aromatic rings. The fraction of sp³-hybridized carbons (Fsp3) is 0.500. The summed E-state index contributed by atoms with van der Waals surface area (Å²) in [6.07, 6.45) is 3.28. The van der Waals surface area contributed by atoms with Crippen LogP contribution in [0.1, 0.15) is 29.7 Å². The maximum Gasteiger partial charge on any atom is 0.222 e. The minimum absolute atomic E-state index is 0. The number of rotatable bonds is 6. The number of halogens is 1. The average Bonchev–Trinajstić information content (AvgIpc) is 3.42. The Labute approximate surface area is 200 Å². The van der Waals surface area contributed by atoms with Crippen LogP contribution < -0.4 is 5.32 Å². The molecule has 1 amide bonds. The van der Waals surface area contributed by atoms with Gasteiger partial charge in [-0.1, -0.05) is 29.4 Å². The van der Waals surface area contributed by atoms with Crippen LogP contribution >= 0.6 is 24.0 Å². The summed E-state index contributed by atoms with van der Waals surface area (Å²) in [7, 11) is 1.83. The number of nitrogens with zero attached hydrogens (tertiary/aromatic N) is 5. The van der Waals surface area contributed by atoms with Gasteiger partial charge in [-0.25, -0.2) is 0 Å². The van der Waals surface area contributed by atoms with Gasteiger partial charge in [-0.2, -0.15) is 0 Å². The third kappa shape index (κ3) is 6.42. The zero-order chi connectivity index (χ0) is 20.8. The highest BCUT2D eigenvalue weighted by molar-refractivity contribution is 14.0. The van der Waals surface area contributed by atoms with E-state index in [1.54, 1.807) is 6.26 Å². The smallest absolute Gasteiger partial charge is 0.222 e. The van der Waals surface area contributed by atoms with Crippen LogP contribution in [-0.2, 0) is 24.4 Å². The van der Waals surface area contributed by atoms with Gasteiger partial charge in [0.1, 0.15) is 6.26 Å². The van der Waals surface area contributed by atoms with E-state index in [2.05, 4.69) is 49.5 Å². The summed E-state index contributed by atoms with van der Waals surface area (Å²) >= 11 is 0. The second kappa shape index (κ2) is 11.5. The van der Waals surface area contributed by atoms with Crippen LogP contribution in [0.3, 0.4) is 0 Å². The highest BCUT2D eigenvalue weighted by atomic mass is 127. The first-order chi connectivity index (χ1) is 14.7. The first-order valence-electron chi connectivity index (χ1n) is 10.6. The molecule has 2 fully saturated rings. The Bertz CT molecular complexity index is 865. The van der Waals surface area contributed by atoms with Crippen molar-refractivity contribution in [2.24, 2.45) is 4.99 Å². The van der Waals surface area contributed by atoms with E-state index in [9.17, 15) is 4.79 Å². The summed E-state index contributed by atoms with van der Waals surface area (Å²) in [5.41, 5.74) is 3.35. The Morgan fingerprint density at radius 1 is 1.13 bits per heavy atom. The van der Waals surface area contributed by atoms with Crippen molar-refractivity contribution in [2.75, 3.05) is 39.8 Å². The molecular formula is C22H31IN6O2. The van der Waals surface area contributed by atoms with Gasteiger partial charge in [0.15, 0.2) is 5.96 Å². The maximum atomic E-state index is 11.9. The summed E-state index contributed by atoms with van der Waals surface area (Å²) in [6.45, 7) is 6.89. The van der Waals surface area contributed by atoms with Crippen molar-refractivity contribution in [1.29, 1.82) is 0 Å². The van der Waals surface area contributed by atoms with Crippen LogP contribution in [0, 0.1) is 0 Å². The van der Waals surface area contributed by atoms with E-state index in [4.69, 9.17) is 4.52 Å². The standard InChI is InChI=1S/C22H30N6O2.HI/c1-23-22(27-11-9-26(10-12-27)17-20-7-13-30-25-20)24-15-18-4-2-5-19(14-18)16-28-8-3-6-21(28)29;/h2,4-5,7,13-14H,3,6,8-12,15-17H2,1H3,(H,23,24);1H. The molecule has 0 atom stereocenters. The number of likely N-dealkylation sites (tertiary alicyclic amines) is 1. The highest BCUT2D eigenvalue weighted by Crippen LogP contribution is 2.15. The fourth-order valence-electron chi connectivity index (χ4n) is 4.11. The number of amides is 1. The maximum absolute atomic E-state index is 11.9. The molecule has 168 valence electrons. The molecule has 3 heterocycles. The number of nitrogens with one attached hydrogen (secondary N) is 1. The molecule has 1 N–H and O–H groups in total. The number of carbonyl (C=O) groups is 1. The van der Waals surface area contributed by atoms with E-state index in [-0.39, 0.29) is 29.9 Å². The zero-order valence-corrected chi connectivity index (χ0v) is 20.3. The van der Waals surface area contributed by atoms with Gasteiger partial charge >= 0.3 is 0 Å². The number of hydrogen-bond donors (Lipinski definition) is 1. The lowest BCUT2D eigenvalue weighted by Gasteiger charge is -2.36. The second-order valence-electron chi connectivity index (χ2n) is 7.89. The van der Waals surface area contributed by atoms with Gasteiger partial charge in [-0.15, -0.1) is 24.0 Å². The molecule has 1 aromatic heterocycles. The molecule has 4 rings (SSSR count). The lowest BCUT2D eigenvalue weighted by atomic mass is 10.1. The minimum atomic E-state index is 0. The summed E-state index contributed by atoms with van der Waals surface area (Å²) in [4.78, 5) is 23.0. The summed E-state index contributed by atoms with van der Waals surface area (Å²) < 4.78 is 4.92. The van der Waals surface area contributed by atoms with Gasteiger partial charge in [0.2, 0.25) is 5.91 Å². The Balaban J connectivity index is 0.00000272. The summed E-state index contributed by atoms with van der Waals surface area (Å²) in [5, 5.41) is 7.49. The number of guanidine groups is 1. The van der Waals surface area contributed by atoms with Crippen molar-refractivity contribution < 1.29 is 9.32 Å². The van der Waals surface area contributed by atoms with Gasteiger partial charge in [-0.05, 0) is 17.5 Å². The van der Waals surface area contributed by atoms with E-state index in [1.807, 2.05) is 18.0 Å². The van der Waals surface area contributed by atoms with Crippen LogP contribution in [0.2, 0.25) is 0 Å². The molecule has 0 aliphatic carbocycles. The number of aliphatic imine (C=N–C) groups is 1. The molecule has 0 radical (unpaired) electrons. The Morgan fingerprint density at radius 3 is 2.61 bits per heavy atom. The predicted molar refractivity (Wildman–Crippen MR) is 130 cm³/mol. The number of aromatic nitrogens is 1. The molecule has 0 saturated carbocycles. The van der Waals surface area contributed by atoms with E-state index < -0.39 is 0 Å². The van der Waals surface area contributed by atoms with Gasteiger partial charge in [0.05, 0.1) is 5.69 Å². The quantitative estimate of drug-likeness (QED) is 0.346. The van der Waals surface area contributed by atoms with Crippen LogP contribution in [-0.4, -0.2) is 71.5 Å². The van der Waals surface area contributed by atoms with Gasteiger partial charge in [0, 0.05) is 71.9 Å². The van der Waals surface area contributed by atoms with Crippen molar-refractivity contribution in [1.82, 2.24) is 25.2 Å². The van der Waals surface area contributed by atoms with E-state index in [0.29, 0.717) is 19.5 Å². The number of benzene rings is 1. The lowest BCUT2D eigenvalue weighted by molar-refractivity contribution is -0.128. The molecule has 31 heavy (non-hydrogen) atoms.